The van der Waals surface area contributed by atoms with E-state index >= 15 is 0 Å². The minimum absolute atomic E-state index is 0.0859. The highest BCUT2D eigenvalue weighted by molar-refractivity contribution is 5.98. The van der Waals surface area contributed by atoms with Gasteiger partial charge in [0.2, 0.25) is 5.91 Å². The number of urea groups is 1. The van der Waals surface area contributed by atoms with E-state index in [2.05, 4.69) is 11.1 Å². The molecule has 6 heteroatoms. The number of carbonyl (C=O) groups excluding carboxylic acids is 2. The van der Waals surface area contributed by atoms with E-state index in [-0.39, 0.29) is 18.5 Å². The van der Waals surface area contributed by atoms with Crippen LogP contribution in [0.5, 0.6) is 0 Å². The van der Waals surface area contributed by atoms with Crippen LogP contribution in [-0.2, 0) is 4.79 Å². The smallest absolute Gasteiger partial charge is 0.320 e. The van der Waals surface area contributed by atoms with Gasteiger partial charge in [-0.15, -0.1) is 0 Å². The molecule has 1 aliphatic rings. The third kappa shape index (κ3) is 2.52. The first-order valence-electron chi connectivity index (χ1n) is 7.31. The first-order chi connectivity index (χ1) is 10.5. The van der Waals surface area contributed by atoms with Gasteiger partial charge < -0.3 is 19.7 Å². The summed E-state index contributed by atoms with van der Waals surface area (Å²) in [5, 5.41) is 1.12. The van der Waals surface area contributed by atoms with Crippen LogP contribution >= 0.6 is 0 Å². The minimum Gasteiger partial charge on any atom is -0.359 e. The molecule has 1 aromatic heterocycles. The van der Waals surface area contributed by atoms with Crippen LogP contribution in [0.4, 0.5) is 10.5 Å². The monoisotopic (exact) mass is 300 g/mol. The van der Waals surface area contributed by atoms with E-state index in [0.29, 0.717) is 13.1 Å². The Morgan fingerprint density at radius 2 is 2.09 bits per heavy atom. The molecule has 3 amide bonds. The van der Waals surface area contributed by atoms with Gasteiger partial charge in [0.15, 0.2) is 0 Å². The van der Waals surface area contributed by atoms with Gasteiger partial charge in [-0.25, -0.2) is 4.79 Å². The normalized spacial score (nSPS) is 15.0. The number of hydrogen-bond acceptors (Lipinski definition) is 2. The molecule has 0 unspecified atom stereocenters. The lowest BCUT2D eigenvalue weighted by atomic mass is 10.2. The van der Waals surface area contributed by atoms with Gasteiger partial charge in [0.05, 0.1) is 0 Å². The van der Waals surface area contributed by atoms with Crippen molar-refractivity contribution >= 4 is 28.5 Å². The van der Waals surface area contributed by atoms with E-state index in [9.17, 15) is 9.59 Å². The number of rotatable bonds is 3. The number of aryl methyl sites for hydroxylation is 1. The number of carbonyl (C=O) groups is 2. The zero-order chi connectivity index (χ0) is 15.9. The number of fused-ring (bicyclic) bond motifs is 1. The predicted molar refractivity (Wildman–Crippen MR) is 86.0 cm³/mol. The number of hydrogen-bond donors (Lipinski definition) is 1. The van der Waals surface area contributed by atoms with Crippen LogP contribution < -0.4 is 4.90 Å². The van der Waals surface area contributed by atoms with Crippen molar-refractivity contribution in [3.8, 4) is 0 Å². The maximum Gasteiger partial charge on any atom is 0.320 e. The SMILES string of the molecule is Cc1cc2ccc(N(C)C(=O)CN3CCN(C)C3=O)cc2[nH]1. The Morgan fingerprint density at radius 3 is 2.77 bits per heavy atom. The van der Waals surface area contributed by atoms with Gasteiger partial charge in [-0.2, -0.15) is 0 Å². The second kappa shape index (κ2) is 5.36. The van der Waals surface area contributed by atoms with Gasteiger partial charge in [-0.1, -0.05) is 6.07 Å². The molecule has 22 heavy (non-hydrogen) atoms. The van der Waals surface area contributed by atoms with E-state index in [4.69, 9.17) is 0 Å². The molecule has 1 N–H and O–H groups in total. The zero-order valence-electron chi connectivity index (χ0n) is 13.1. The van der Waals surface area contributed by atoms with Crippen molar-refractivity contribution in [1.29, 1.82) is 0 Å². The Morgan fingerprint density at radius 1 is 1.32 bits per heavy atom. The molecular formula is C16H20N4O2. The van der Waals surface area contributed by atoms with Gasteiger partial charge in [-0.05, 0) is 30.5 Å². The van der Waals surface area contributed by atoms with E-state index in [1.54, 1.807) is 28.8 Å². The van der Waals surface area contributed by atoms with Gasteiger partial charge >= 0.3 is 6.03 Å². The Labute approximate surface area is 129 Å². The van der Waals surface area contributed by atoms with E-state index in [0.717, 1.165) is 22.3 Å². The minimum atomic E-state index is -0.0914. The van der Waals surface area contributed by atoms with Crippen LogP contribution in [-0.4, -0.2) is 60.5 Å². The summed E-state index contributed by atoms with van der Waals surface area (Å²) >= 11 is 0. The maximum atomic E-state index is 12.4. The number of aromatic amines is 1. The summed E-state index contributed by atoms with van der Waals surface area (Å²) < 4.78 is 0. The lowest BCUT2D eigenvalue weighted by Crippen LogP contribution is -2.40. The third-order valence-electron chi connectivity index (χ3n) is 4.13. The highest BCUT2D eigenvalue weighted by Gasteiger charge is 2.28. The molecule has 1 fully saturated rings. The molecular weight excluding hydrogens is 280 g/mol. The summed E-state index contributed by atoms with van der Waals surface area (Å²) in [7, 11) is 3.49. The molecule has 2 heterocycles. The lowest BCUT2D eigenvalue weighted by molar-refractivity contribution is -0.118. The van der Waals surface area contributed by atoms with Gasteiger partial charge in [-0.3, -0.25) is 4.79 Å². The van der Waals surface area contributed by atoms with Crippen molar-refractivity contribution < 1.29 is 9.59 Å². The Bertz CT molecular complexity index is 737. The van der Waals surface area contributed by atoms with Crippen molar-refractivity contribution in [3.05, 3.63) is 30.0 Å². The molecule has 1 aliphatic heterocycles. The van der Waals surface area contributed by atoms with Crippen LogP contribution in [0, 0.1) is 6.92 Å². The molecule has 1 saturated heterocycles. The molecule has 0 atom stereocenters. The van der Waals surface area contributed by atoms with Gasteiger partial charge in [0, 0.05) is 44.1 Å². The van der Waals surface area contributed by atoms with Crippen molar-refractivity contribution in [2.45, 2.75) is 6.92 Å². The van der Waals surface area contributed by atoms with Crippen LogP contribution in [0.25, 0.3) is 10.9 Å². The molecule has 0 spiro atoms. The van der Waals surface area contributed by atoms with Crippen LogP contribution in [0.15, 0.2) is 24.3 Å². The van der Waals surface area contributed by atoms with E-state index in [1.807, 2.05) is 25.1 Å². The number of benzene rings is 1. The average molecular weight is 300 g/mol. The Balaban J connectivity index is 1.75. The largest absolute Gasteiger partial charge is 0.359 e. The number of nitrogens with zero attached hydrogens (tertiary/aromatic N) is 3. The van der Waals surface area contributed by atoms with Crippen LogP contribution in [0.3, 0.4) is 0 Å². The number of amides is 3. The fourth-order valence-corrected chi connectivity index (χ4v) is 2.73. The van der Waals surface area contributed by atoms with Crippen molar-refractivity contribution in [2.75, 3.05) is 38.6 Å². The Kier molecular flexibility index (Phi) is 3.52. The first kappa shape index (κ1) is 14.4. The summed E-state index contributed by atoms with van der Waals surface area (Å²) in [6.45, 7) is 3.39. The Hall–Kier alpha value is -2.50. The zero-order valence-corrected chi connectivity index (χ0v) is 13.1. The predicted octanol–water partition coefficient (Wildman–Crippen LogP) is 1.81. The van der Waals surface area contributed by atoms with Gasteiger partial charge in [0.25, 0.3) is 0 Å². The lowest BCUT2D eigenvalue weighted by Gasteiger charge is -2.21. The summed E-state index contributed by atoms with van der Waals surface area (Å²) in [4.78, 5) is 32.3. The summed E-state index contributed by atoms with van der Waals surface area (Å²) in [6, 6.07) is 7.85. The second-order valence-corrected chi connectivity index (χ2v) is 5.80. The molecule has 0 saturated carbocycles. The van der Waals surface area contributed by atoms with Crippen LogP contribution in [0.2, 0.25) is 0 Å². The topological polar surface area (TPSA) is 59.7 Å². The molecule has 3 rings (SSSR count). The number of nitrogens with one attached hydrogen (secondary N) is 1. The molecule has 6 nitrogen and oxygen atoms in total. The van der Waals surface area contributed by atoms with Gasteiger partial charge in [0.1, 0.15) is 6.54 Å². The standard InChI is InChI=1S/C16H20N4O2/c1-11-8-12-4-5-13(9-14(12)17-11)19(3)15(21)10-20-7-6-18(2)16(20)22/h4-5,8-9,17H,6-7,10H2,1-3H3. The molecule has 0 aliphatic carbocycles. The average Bonchev–Trinajstić information content (AvgIpc) is 3.01. The van der Waals surface area contributed by atoms with Crippen molar-refractivity contribution in [2.24, 2.45) is 0 Å². The molecule has 0 bridgehead atoms. The molecule has 1 aromatic carbocycles. The summed E-state index contributed by atoms with van der Waals surface area (Å²) in [6.07, 6.45) is 0. The van der Waals surface area contributed by atoms with Crippen molar-refractivity contribution in [3.63, 3.8) is 0 Å². The summed E-state index contributed by atoms with van der Waals surface area (Å²) in [5.41, 5.74) is 2.91. The molecule has 0 radical (unpaired) electrons. The third-order valence-corrected chi connectivity index (χ3v) is 4.13. The quantitative estimate of drug-likeness (QED) is 0.939. The van der Waals surface area contributed by atoms with Crippen LogP contribution in [0.1, 0.15) is 5.69 Å². The fraction of sp³-hybridized carbons (Fsp3) is 0.375. The second-order valence-electron chi connectivity index (χ2n) is 5.80. The number of likely N-dealkylation sites (N-methyl/N-ethyl adjacent to an activating group) is 2. The molecule has 116 valence electrons. The number of H-pyrrole nitrogens is 1. The summed E-state index contributed by atoms with van der Waals surface area (Å²) in [5.74, 6) is -0.0914. The fourth-order valence-electron chi connectivity index (χ4n) is 2.73. The van der Waals surface area contributed by atoms with E-state index in [1.165, 1.54) is 0 Å². The molecule has 2 aromatic rings. The highest BCUT2D eigenvalue weighted by atomic mass is 16.2. The number of aromatic nitrogens is 1. The first-order valence-corrected chi connectivity index (χ1v) is 7.31. The van der Waals surface area contributed by atoms with Crippen molar-refractivity contribution in [1.82, 2.24) is 14.8 Å². The number of anilines is 1. The highest BCUT2D eigenvalue weighted by Crippen LogP contribution is 2.22. The maximum absolute atomic E-state index is 12.4. The van der Waals surface area contributed by atoms with E-state index < -0.39 is 0 Å².